The quantitative estimate of drug-likeness (QED) is 0.810. The Morgan fingerprint density at radius 2 is 2.14 bits per heavy atom. The van der Waals surface area contributed by atoms with Gasteiger partial charge >= 0.3 is 0 Å². The Kier molecular flexibility index (Phi) is 6.58. The van der Waals surface area contributed by atoms with E-state index in [9.17, 15) is 9.18 Å². The summed E-state index contributed by atoms with van der Waals surface area (Å²) in [4.78, 5) is 19.5. The molecule has 4 rings (SSSR count). The molecule has 6 nitrogen and oxygen atoms in total. The third kappa shape index (κ3) is 4.61. The van der Waals surface area contributed by atoms with Crippen LogP contribution in [-0.4, -0.2) is 39.6 Å². The monoisotopic (exact) mass is 422 g/mol. The number of amides is 1. The van der Waals surface area contributed by atoms with Crippen molar-refractivity contribution in [3.63, 3.8) is 0 Å². The van der Waals surface area contributed by atoms with Crippen LogP contribution in [0, 0.1) is 11.7 Å². The molecule has 1 amide bonds. The average Bonchev–Trinajstić information content (AvgIpc) is 3.18. The first-order chi connectivity index (χ1) is 13.4. The van der Waals surface area contributed by atoms with Gasteiger partial charge < -0.3 is 15.2 Å². The topological polar surface area (TPSA) is 85.3 Å². The molecule has 2 N–H and O–H groups in total. The fraction of sp³-hybridized carbons (Fsp3) is 0.571. The van der Waals surface area contributed by atoms with Gasteiger partial charge in [0.2, 0.25) is 17.6 Å². The zero-order valence-electron chi connectivity index (χ0n) is 16.6. The van der Waals surface area contributed by atoms with Crippen molar-refractivity contribution in [2.75, 3.05) is 13.1 Å². The summed E-state index contributed by atoms with van der Waals surface area (Å²) < 4.78 is 18.9. The second-order valence-electron chi connectivity index (χ2n) is 8.39. The van der Waals surface area contributed by atoms with Gasteiger partial charge in [-0.25, -0.2) is 4.39 Å². The number of aromatic nitrogens is 2. The van der Waals surface area contributed by atoms with E-state index in [2.05, 4.69) is 10.1 Å². The minimum Gasteiger partial charge on any atom is -0.342 e. The van der Waals surface area contributed by atoms with E-state index in [1.165, 1.54) is 12.1 Å². The van der Waals surface area contributed by atoms with E-state index in [0.717, 1.165) is 45.1 Å². The number of nitrogens with zero attached hydrogens (tertiary/aromatic N) is 3. The third-order valence-electron chi connectivity index (χ3n) is 6.16. The van der Waals surface area contributed by atoms with E-state index >= 15 is 0 Å². The van der Waals surface area contributed by atoms with Crippen LogP contribution in [0.5, 0.6) is 0 Å². The summed E-state index contributed by atoms with van der Waals surface area (Å²) in [5, 5.41) is 4.01. The highest BCUT2D eigenvalue weighted by molar-refractivity contribution is 5.85. The normalized spacial score (nSPS) is 27.3. The molecule has 29 heavy (non-hydrogen) atoms. The highest BCUT2D eigenvalue weighted by Crippen LogP contribution is 2.35. The van der Waals surface area contributed by atoms with Gasteiger partial charge in [0.25, 0.3) is 0 Å². The predicted octanol–water partition coefficient (Wildman–Crippen LogP) is 3.91. The van der Waals surface area contributed by atoms with Crippen molar-refractivity contribution in [2.24, 2.45) is 11.7 Å². The summed E-state index contributed by atoms with van der Waals surface area (Å²) in [5.74, 6) is 0.580. The lowest BCUT2D eigenvalue weighted by atomic mass is 9.73. The van der Waals surface area contributed by atoms with Crippen molar-refractivity contribution < 1.29 is 13.7 Å². The van der Waals surface area contributed by atoms with E-state index in [4.69, 9.17) is 10.3 Å². The molecule has 3 unspecified atom stereocenters. The molecule has 2 aliphatic rings. The zero-order chi connectivity index (χ0) is 19.7. The van der Waals surface area contributed by atoms with Crippen molar-refractivity contribution in [2.45, 2.75) is 56.9 Å². The summed E-state index contributed by atoms with van der Waals surface area (Å²) in [6.07, 6.45) is 5.67. The number of likely N-dealkylation sites (tertiary alicyclic amines) is 1. The van der Waals surface area contributed by atoms with E-state index < -0.39 is 5.54 Å². The minimum absolute atomic E-state index is 0. The molecule has 1 aliphatic carbocycles. The number of benzene rings is 1. The molecule has 0 spiro atoms. The van der Waals surface area contributed by atoms with Crippen LogP contribution in [0.2, 0.25) is 0 Å². The first-order valence-corrected chi connectivity index (χ1v) is 10.1. The van der Waals surface area contributed by atoms with Crippen LogP contribution in [0.15, 0.2) is 28.8 Å². The number of rotatable bonds is 3. The molecule has 158 valence electrons. The largest absolute Gasteiger partial charge is 0.342 e. The first-order valence-electron chi connectivity index (χ1n) is 10.1. The number of hydrogen-bond acceptors (Lipinski definition) is 5. The molecular weight excluding hydrogens is 395 g/mol. The molecule has 2 fully saturated rings. The van der Waals surface area contributed by atoms with Gasteiger partial charge in [-0.2, -0.15) is 4.98 Å². The van der Waals surface area contributed by atoms with E-state index in [-0.39, 0.29) is 36.0 Å². The van der Waals surface area contributed by atoms with Crippen LogP contribution >= 0.6 is 12.4 Å². The molecule has 3 atom stereocenters. The Labute approximate surface area is 176 Å². The Hall–Kier alpha value is -1.99. The summed E-state index contributed by atoms with van der Waals surface area (Å²) in [5.41, 5.74) is 6.59. The highest BCUT2D eigenvalue weighted by Gasteiger charge is 2.41. The summed E-state index contributed by atoms with van der Waals surface area (Å²) in [6.45, 7) is 3.31. The number of carbonyl (C=O) groups is 1. The Bertz CT molecular complexity index is 857. The molecule has 1 saturated heterocycles. The number of halogens is 2. The molecule has 0 radical (unpaired) electrons. The van der Waals surface area contributed by atoms with Crippen molar-refractivity contribution in [1.82, 2.24) is 15.0 Å². The lowest BCUT2D eigenvalue weighted by molar-refractivity contribution is -0.140. The van der Waals surface area contributed by atoms with Crippen LogP contribution < -0.4 is 5.73 Å². The second-order valence-corrected chi connectivity index (χ2v) is 8.39. The maximum Gasteiger partial charge on any atom is 0.231 e. The standard InChI is InChI=1S/C21H27FN4O2.ClH/c1-21(23)10-3-2-9-17(21)20(27)26-11-5-7-15(13-26)19-24-18(25-28-19)14-6-4-8-16(22)12-14;/h4,6,8,12,15,17H,2-3,5,7,9-11,13,23H2,1H3;1H. The van der Waals surface area contributed by atoms with Gasteiger partial charge in [-0.1, -0.05) is 30.1 Å². The Morgan fingerprint density at radius 3 is 2.90 bits per heavy atom. The van der Waals surface area contributed by atoms with Crippen molar-refractivity contribution in [1.29, 1.82) is 0 Å². The Balaban J connectivity index is 0.00000240. The van der Waals surface area contributed by atoms with Gasteiger partial charge in [0.15, 0.2) is 0 Å². The maximum absolute atomic E-state index is 13.5. The highest BCUT2D eigenvalue weighted by atomic mass is 35.5. The molecule has 0 bridgehead atoms. The maximum atomic E-state index is 13.5. The molecule has 1 aromatic heterocycles. The fourth-order valence-electron chi connectivity index (χ4n) is 4.51. The lowest BCUT2D eigenvalue weighted by Crippen LogP contribution is -2.55. The van der Waals surface area contributed by atoms with Gasteiger partial charge in [-0.3, -0.25) is 4.79 Å². The van der Waals surface area contributed by atoms with Gasteiger partial charge in [-0.15, -0.1) is 12.4 Å². The zero-order valence-corrected chi connectivity index (χ0v) is 17.5. The molecule has 1 aliphatic heterocycles. The van der Waals surface area contributed by atoms with E-state index in [1.54, 1.807) is 12.1 Å². The summed E-state index contributed by atoms with van der Waals surface area (Å²) in [7, 11) is 0. The van der Waals surface area contributed by atoms with Crippen LogP contribution in [0.4, 0.5) is 4.39 Å². The molecular formula is C21H28ClFN4O2. The Morgan fingerprint density at radius 1 is 1.31 bits per heavy atom. The molecule has 2 aromatic rings. The predicted molar refractivity (Wildman–Crippen MR) is 110 cm³/mol. The van der Waals surface area contributed by atoms with Crippen LogP contribution in [0.25, 0.3) is 11.4 Å². The van der Waals surface area contributed by atoms with Crippen molar-refractivity contribution >= 4 is 18.3 Å². The summed E-state index contributed by atoms with van der Waals surface area (Å²) >= 11 is 0. The van der Waals surface area contributed by atoms with Crippen LogP contribution in [0.1, 0.15) is 57.3 Å². The van der Waals surface area contributed by atoms with E-state index in [1.807, 2.05) is 11.8 Å². The first kappa shape index (κ1) is 21.7. The SMILES string of the molecule is CC1(N)CCCCC1C(=O)N1CCCC(c2nc(-c3cccc(F)c3)no2)C1.Cl. The lowest BCUT2D eigenvalue weighted by Gasteiger charge is -2.41. The number of hydrogen-bond donors (Lipinski definition) is 1. The molecule has 1 saturated carbocycles. The molecule has 8 heteroatoms. The van der Waals surface area contributed by atoms with E-state index in [0.29, 0.717) is 23.8 Å². The van der Waals surface area contributed by atoms with Crippen molar-refractivity contribution in [3.05, 3.63) is 36.0 Å². The second kappa shape index (κ2) is 8.79. The van der Waals surface area contributed by atoms with Gasteiger partial charge in [0.1, 0.15) is 5.82 Å². The van der Waals surface area contributed by atoms with Gasteiger partial charge in [-0.05, 0) is 44.7 Å². The molecule has 1 aromatic carbocycles. The van der Waals surface area contributed by atoms with Crippen LogP contribution in [-0.2, 0) is 4.79 Å². The average molecular weight is 423 g/mol. The number of nitrogens with two attached hydrogens (primary N) is 1. The number of piperidine rings is 1. The smallest absolute Gasteiger partial charge is 0.231 e. The summed E-state index contributed by atoms with van der Waals surface area (Å²) in [6, 6.07) is 6.14. The van der Waals surface area contributed by atoms with Crippen molar-refractivity contribution in [3.8, 4) is 11.4 Å². The van der Waals surface area contributed by atoms with Crippen LogP contribution in [0.3, 0.4) is 0 Å². The minimum atomic E-state index is -0.433. The molecule has 2 heterocycles. The number of carbonyl (C=O) groups excluding carboxylic acids is 1. The third-order valence-corrected chi connectivity index (χ3v) is 6.16. The fourth-order valence-corrected chi connectivity index (χ4v) is 4.51. The van der Waals surface area contributed by atoms with Gasteiger partial charge in [0, 0.05) is 24.2 Å². The van der Waals surface area contributed by atoms with Gasteiger partial charge in [0.05, 0.1) is 11.8 Å².